The number of amides is 1. The number of hydrogen-bond donors (Lipinski definition) is 2. The third-order valence-corrected chi connectivity index (χ3v) is 5.70. The Labute approximate surface area is 192 Å². The van der Waals surface area contributed by atoms with Gasteiger partial charge in [-0.1, -0.05) is 18.2 Å². The summed E-state index contributed by atoms with van der Waals surface area (Å²) in [5.74, 6) is -2.05. The normalized spacial score (nSPS) is 18.2. The highest BCUT2D eigenvalue weighted by molar-refractivity contribution is 5.83. The van der Waals surface area contributed by atoms with Gasteiger partial charge in [0.15, 0.2) is 6.29 Å². The number of alkyl halides is 4. The van der Waals surface area contributed by atoms with E-state index in [1.807, 2.05) is 0 Å². The molecule has 7 nitrogen and oxygen atoms in total. The lowest BCUT2D eigenvalue weighted by Crippen LogP contribution is -2.41. The Balaban J connectivity index is 1.65. The molecule has 34 heavy (non-hydrogen) atoms. The van der Waals surface area contributed by atoms with Crippen molar-refractivity contribution >= 4 is 11.7 Å². The van der Waals surface area contributed by atoms with Gasteiger partial charge in [-0.3, -0.25) is 4.79 Å². The molecule has 1 atom stereocenters. The third kappa shape index (κ3) is 4.97. The highest BCUT2D eigenvalue weighted by Crippen LogP contribution is 2.39. The van der Waals surface area contributed by atoms with E-state index >= 15 is 4.39 Å². The average Bonchev–Trinajstić information content (AvgIpc) is 3.37. The predicted molar refractivity (Wildman–Crippen MR) is 110 cm³/mol. The first kappa shape index (κ1) is 24.3. The van der Waals surface area contributed by atoms with Crippen LogP contribution >= 0.6 is 0 Å². The first-order chi connectivity index (χ1) is 16.2. The third-order valence-electron chi connectivity index (χ3n) is 5.70. The second kappa shape index (κ2) is 9.79. The fourth-order valence-corrected chi connectivity index (χ4v) is 3.66. The van der Waals surface area contributed by atoms with Crippen LogP contribution in [0.4, 0.5) is 27.8 Å². The highest BCUT2D eigenvalue weighted by Gasteiger charge is 2.46. The van der Waals surface area contributed by atoms with E-state index in [-0.39, 0.29) is 48.2 Å². The zero-order valence-electron chi connectivity index (χ0n) is 18.2. The maximum absolute atomic E-state index is 15.4. The fourth-order valence-electron chi connectivity index (χ4n) is 3.66. The van der Waals surface area contributed by atoms with Crippen molar-refractivity contribution in [1.29, 1.82) is 0 Å². The van der Waals surface area contributed by atoms with E-state index in [4.69, 9.17) is 9.47 Å². The van der Waals surface area contributed by atoms with Crippen molar-refractivity contribution in [2.75, 3.05) is 25.2 Å². The monoisotopic (exact) mass is 486 g/mol. The van der Waals surface area contributed by atoms with Crippen molar-refractivity contribution in [1.82, 2.24) is 15.3 Å². The SMILES string of the molecule is Cc1nc(NCc2cccc(C(F)F)c2F)c(C2OCCO2)c(C(F)C(=O)NC2(CF)CC2)n1. The number of nitrogens with zero attached hydrogens (tertiary/aromatic N) is 2. The molecule has 1 saturated heterocycles. The quantitative estimate of drug-likeness (QED) is 0.518. The molecular formula is C22H23F5N4O3. The number of rotatable bonds is 9. The van der Waals surface area contributed by atoms with Crippen molar-refractivity contribution in [2.24, 2.45) is 0 Å². The van der Waals surface area contributed by atoms with Gasteiger partial charge in [-0.25, -0.2) is 31.9 Å². The summed E-state index contributed by atoms with van der Waals surface area (Å²) in [6.45, 7) is 0.761. The lowest BCUT2D eigenvalue weighted by molar-refractivity contribution is -0.127. The summed E-state index contributed by atoms with van der Waals surface area (Å²) in [6.07, 6.45) is -5.58. The van der Waals surface area contributed by atoms with Gasteiger partial charge in [-0.15, -0.1) is 0 Å². The average molecular weight is 486 g/mol. The second-order valence-electron chi connectivity index (χ2n) is 8.23. The van der Waals surface area contributed by atoms with Gasteiger partial charge in [-0.2, -0.15) is 0 Å². The number of nitrogens with one attached hydrogen (secondary N) is 2. The van der Waals surface area contributed by atoms with Gasteiger partial charge in [0, 0.05) is 12.1 Å². The number of halogens is 5. The zero-order chi connectivity index (χ0) is 24.5. The van der Waals surface area contributed by atoms with Crippen LogP contribution in [0.2, 0.25) is 0 Å². The number of ether oxygens (including phenoxy) is 2. The minimum Gasteiger partial charge on any atom is -0.365 e. The molecule has 1 aliphatic carbocycles. The highest BCUT2D eigenvalue weighted by atomic mass is 19.3. The first-order valence-corrected chi connectivity index (χ1v) is 10.7. The Morgan fingerprint density at radius 2 is 1.91 bits per heavy atom. The number of aromatic nitrogens is 2. The van der Waals surface area contributed by atoms with E-state index in [9.17, 15) is 22.4 Å². The van der Waals surface area contributed by atoms with Crippen molar-refractivity contribution in [3.8, 4) is 0 Å². The van der Waals surface area contributed by atoms with Crippen LogP contribution in [0.25, 0.3) is 0 Å². The number of carbonyl (C=O) groups is 1. The summed E-state index contributed by atoms with van der Waals surface area (Å²) in [6, 6.07) is 3.60. The van der Waals surface area contributed by atoms with Crippen LogP contribution in [0.1, 0.15) is 59.9 Å². The van der Waals surface area contributed by atoms with Gasteiger partial charge in [0.2, 0.25) is 6.17 Å². The molecule has 1 aromatic heterocycles. The summed E-state index contributed by atoms with van der Waals surface area (Å²) in [7, 11) is 0. The van der Waals surface area contributed by atoms with Crippen LogP contribution in [-0.4, -0.2) is 41.3 Å². The Hall–Kier alpha value is -2.86. The summed E-state index contributed by atoms with van der Waals surface area (Å²) < 4.78 is 80.1. The molecule has 1 aromatic carbocycles. The second-order valence-corrected chi connectivity index (χ2v) is 8.23. The van der Waals surface area contributed by atoms with Gasteiger partial charge >= 0.3 is 0 Å². The van der Waals surface area contributed by atoms with E-state index in [1.54, 1.807) is 0 Å². The Morgan fingerprint density at radius 3 is 2.53 bits per heavy atom. The molecule has 1 amide bonds. The largest absolute Gasteiger partial charge is 0.365 e. The molecule has 4 rings (SSSR count). The molecule has 1 aliphatic heterocycles. The number of hydrogen-bond acceptors (Lipinski definition) is 6. The molecule has 2 aromatic rings. The Morgan fingerprint density at radius 1 is 1.21 bits per heavy atom. The summed E-state index contributed by atoms with van der Waals surface area (Å²) in [5, 5.41) is 5.19. The molecule has 1 unspecified atom stereocenters. The van der Waals surface area contributed by atoms with Crippen LogP contribution < -0.4 is 10.6 Å². The van der Waals surface area contributed by atoms with Gasteiger partial charge in [-0.05, 0) is 19.8 Å². The van der Waals surface area contributed by atoms with E-state index in [1.165, 1.54) is 19.1 Å². The zero-order valence-corrected chi connectivity index (χ0v) is 18.2. The lowest BCUT2D eigenvalue weighted by Gasteiger charge is -2.22. The van der Waals surface area contributed by atoms with Crippen molar-refractivity contribution in [2.45, 2.75) is 50.7 Å². The van der Waals surface area contributed by atoms with E-state index in [0.29, 0.717) is 12.8 Å². The number of carbonyl (C=O) groups excluding carboxylic acids is 1. The van der Waals surface area contributed by atoms with Gasteiger partial charge in [0.05, 0.1) is 35.6 Å². The van der Waals surface area contributed by atoms with Crippen molar-refractivity contribution in [3.63, 3.8) is 0 Å². The molecular weight excluding hydrogens is 463 g/mol. The number of anilines is 1. The van der Waals surface area contributed by atoms with Gasteiger partial charge in [0.25, 0.3) is 12.3 Å². The molecule has 0 bridgehead atoms. The molecule has 12 heteroatoms. The van der Waals surface area contributed by atoms with E-state index in [2.05, 4.69) is 20.6 Å². The Bertz CT molecular complexity index is 1060. The molecule has 0 radical (unpaired) electrons. The smallest absolute Gasteiger partial charge is 0.266 e. The Kier molecular flexibility index (Phi) is 6.99. The van der Waals surface area contributed by atoms with Crippen molar-refractivity contribution < 1.29 is 36.2 Å². The first-order valence-electron chi connectivity index (χ1n) is 10.7. The lowest BCUT2D eigenvalue weighted by atomic mass is 10.1. The maximum Gasteiger partial charge on any atom is 0.266 e. The summed E-state index contributed by atoms with van der Waals surface area (Å²) in [5.41, 5.74) is -2.22. The van der Waals surface area contributed by atoms with Gasteiger partial charge in [0.1, 0.15) is 24.1 Å². The summed E-state index contributed by atoms with van der Waals surface area (Å²) >= 11 is 0. The maximum atomic E-state index is 15.4. The van der Waals surface area contributed by atoms with Crippen LogP contribution in [0, 0.1) is 12.7 Å². The molecule has 2 aliphatic rings. The molecule has 0 spiro atoms. The standard InChI is InChI=1S/C22H23F5N4O3/c1-11-29-17(16(25)20(32)31-22(10-23)5-6-22)14(21-33-7-8-34-21)19(30-11)28-9-12-3-2-4-13(15(12)24)18(26)27/h2-4,16,18,21H,5-10H2,1H3,(H,31,32)(H,28,29,30). The van der Waals surface area contributed by atoms with Crippen LogP contribution in [0.15, 0.2) is 18.2 Å². The van der Waals surface area contributed by atoms with Crippen LogP contribution in [-0.2, 0) is 20.8 Å². The molecule has 1 saturated carbocycles. The minimum atomic E-state index is -2.99. The fraction of sp³-hybridized carbons (Fsp3) is 0.500. The summed E-state index contributed by atoms with van der Waals surface area (Å²) in [4.78, 5) is 20.8. The van der Waals surface area contributed by atoms with Crippen LogP contribution in [0.5, 0.6) is 0 Å². The van der Waals surface area contributed by atoms with E-state index in [0.717, 1.165) is 6.07 Å². The predicted octanol–water partition coefficient (Wildman–Crippen LogP) is 4.15. The number of benzene rings is 1. The van der Waals surface area contributed by atoms with Gasteiger partial charge < -0.3 is 20.1 Å². The van der Waals surface area contributed by atoms with E-state index < -0.39 is 48.4 Å². The van der Waals surface area contributed by atoms with Crippen LogP contribution in [0.3, 0.4) is 0 Å². The molecule has 184 valence electrons. The topological polar surface area (TPSA) is 85.4 Å². The number of aryl methyl sites for hydroxylation is 1. The molecule has 2 N–H and O–H groups in total. The minimum absolute atomic E-state index is 0.00155. The van der Waals surface area contributed by atoms with Crippen molar-refractivity contribution in [3.05, 3.63) is 52.2 Å². The molecule has 2 heterocycles. The molecule has 2 fully saturated rings.